The maximum absolute atomic E-state index is 13.4. The van der Waals surface area contributed by atoms with Crippen molar-refractivity contribution in [2.24, 2.45) is 0 Å². The van der Waals surface area contributed by atoms with Crippen LogP contribution in [0.25, 0.3) is 0 Å². The highest BCUT2D eigenvalue weighted by molar-refractivity contribution is 9.10. The molecule has 0 spiro atoms. The highest BCUT2D eigenvalue weighted by atomic mass is 79.9. The zero-order valence-corrected chi connectivity index (χ0v) is 15.2. The third-order valence-electron chi connectivity index (χ3n) is 3.05. The summed E-state index contributed by atoms with van der Waals surface area (Å²) >= 11 is 3.17. The molecule has 126 valence electrons. The first-order valence-corrected chi connectivity index (χ1v) is 9.05. The second kappa shape index (κ2) is 7.20. The lowest BCUT2D eigenvalue weighted by atomic mass is 10.2. The normalized spacial score (nSPS) is 11.0. The smallest absolute Gasteiger partial charge is 0.339 e. The van der Waals surface area contributed by atoms with E-state index in [0.717, 1.165) is 12.1 Å². The van der Waals surface area contributed by atoms with E-state index >= 15 is 0 Å². The van der Waals surface area contributed by atoms with Crippen LogP contribution in [0.2, 0.25) is 0 Å². The summed E-state index contributed by atoms with van der Waals surface area (Å²) in [4.78, 5) is -0.277. The number of rotatable bonds is 5. The van der Waals surface area contributed by atoms with E-state index in [2.05, 4.69) is 15.9 Å². The molecule has 0 radical (unpaired) electrons. The van der Waals surface area contributed by atoms with Crippen LogP contribution in [0.5, 0.6) is 11.5 Å². The van der Waals surface area contributed by atoms with Gasteiger partial charge in [0, 0.05) is 6.07 Å². The molecule has 24 heavy (non-hydrogen) atoms. The van der Waals surface area contributed by atoms with Gasteiger partial charge in [-0.3, -0.25) is 0 Å². The fourth-order valence-electron chi connectivity index (χ4n) is 1.97. The van der Waals surface area contributed by atoms with E-state index in [4.69, 9.17) is 14.2 Å². The highest BCUT2D eigenvalue weighted by Crippen LogP contribution is 2.38. The van der Waals surface area contributed by atoms with Gasteiger partial charge in [-0.15, -0.1) is 0 Å². The van der Waals surface area contributed by atoms with Crippen LogP contribution in [0.3, 0.4) is 0 Å². The summed E-state index contributed by atoms with van der Waals surface area (Å²) in [6.07, 6.45) is 0. The van der Waals surface area contributed by atoms with Gasteiger partial charge in [0.05, 0.1) is 22.7 Å². The quantitative estimate of drug-likeness (QED) is 0.693. The molecule has 2 aromatic rings. The molecular formula is C16H13BrFNO4S. The number of halogens is 2. The molecule has 0 saturated heterocycles. The lowest BCUT2D eigenvalue weighted by molar-refractivity contribution is 0.327. The van der Waals surface area contributed by atoms with Crippen LogP contribution in [0.15, 0.2) is 39.7 Å². The molecule has 0 aliphatic carbocycles. The van der Waals surface area contributed by atoms with E-state index in [1.54, 1.807) is 6.92 Å². The first kappa shape index (κ1) is 18.2. The molecule has 0 heterocycles. The van der Waals surface area contributed by atoms with Crippen LogP contribution in [-0.4, -0.2) is 15.0 Å². The number of nitriles is 1. The van der Waals surface area contributed by atoms with Gasteiger partial charge in [-0.05, 0) is 53.5 Å². The fraction of sp³-hybridized carbons (Fsp3) is 0.188. The van der Waals surface area contributed by atoms with Gasteiger partial charge < -0.3 is 8.92 Å². The Labute approximate surface area is 147 Å². The molecule has 0 atom stereocenters. The highest BCUT2D eigenvalue weighted by Gasteiger charge is 2.24. The van der Waals surface area contributed by atoms with Gasteiger partial charge >= 0.3 is 10.1 Å². The molecule has 2 aromatic carbocycles. The number of hydrogen-bond donors (Lipinski definition) is 0. The average Bonchev–Trinajstić information content (AvgIpc) is 2.52. The van der Waals surface area contributed by atoms with E-state index in [9.17, 15) is 12.8 Å². The molecule has 0 aliphatic rings. The van der Waals surface area contributed by atoms with E-state index in [-0.39, 0.29) is 33.0 Å². The Bertz CT molecular complexity index is 922. The third kappa shape index (κ3) is 3.86. The Kier molecular flexibility index (Phi) is 5.47. The van der Waals surface area contributed by atoms with Gasteiger partial charge in [-0.25, -0.2) is 4.39 Å². The van der Waals surface area contributed by atoms with Gasteiger partial charge in [0.2, 0.25) is 0 Å². The van der Waals surface area contributed by atoms with Crippen LogP contribution in [0.4, 0.5) is 4.39 Å². The average molecular weight is 414 g/mol. The van der Waals surface area contributed by atoms with Crippen molar-refractivity contribution in [3.05, 3.63) is 51.7 Å². The number of nitrogens with zero attached hydrogens (tertiary/aromatic N) is 1. The van der Waals surface area contributed by atoms with Crippen molar-refractivity contribution < 1.29 is 21.7 Å². The van der Waals surface area contributed by atoms with E-state index in [1.807, 2.05) is 6.07 Å². The monoisotopic (exact) mass is 413 g/mol. The maximum Gasteiger partial charge on any atom is 0.339 e. The lowest BCUT2D eigenvalue weighted by Gasteiger charge is -2.14. The van der Waals surface area contributed by atoms with Crippen molar-refractivity contribution in [1.82, 2.24) is 0 Å². The maximum atomic E-state index is 13.4. The molecule has 0 aliphatic heterocycles. The van der Waals surface area contributed by atoms with E-state index in [1.165, 1.54) is 25.1 Å². The predicted molar refractivity (Wildman–Crippen MR) is 89.0 cm³/mol. The molecule has 0 fully saturated rings. The topological polar surface area (TPSA) is 76.4 Å². The molecule has 0 unspecified atom stereocenters. The van der Waals surface area contributed by atoms with Gasteiger partial charge in [0.15, 0.2) is 11.5 Å². The first-order chi connectivity index (χ1) is 11.3. The zero-order valence-electron chi connectivity index (χ0n) is 12.8. The van der Waals surface area contributed by atoms with Crippen LogP contribution < -0.4 is 8.92 Å². The number of benzene rings is 2. The minimum Gasteiger partial charge on any atom is -0.490 e. The molecule has 0 aromatic heterocycles. The van der Waals surface area contributed by atoms with Crippen molar-refractivity contribution in [3.8, 4) is 17.6 Å². The second-order valence-corrected chi connectivity index (χ2v) is 7.15. The largest absolute Gasteiger partial charge is 0.490 e. The molecule has 2 rings (SSSR count). The summed E-state index contributed by atoms with van der Waals surface area (Å²) in [5.41, 5.74) is 0.621. The van der Waals surface area contributed by atoms with Crippen molar-refractivity contribution in [2.45, 2.75) is 18.7 Å². The van der Waals surface area contributed by atoms with Crippen LogP contribution in [-0.2, 0) is 10.1 Å². The molecule has 8 heteroatoms. The molecule has 0 N–H and O–H groups in total. The van der Waals surface area contributed by atoms with Crippen LogP contribution >= 0.6 is 15.9 Å². The van der Waals surface area contributed by atoms with Crippen LogP contribution in [0, 0.1) is 24.1 Å². The Hall–Kier alpha value is -2.11. The molecule has 0 bridgehead atoms. The predicted octanol–water partition coefficient (Wildman–Crippen LogP) is 3.93. The minimum absolute atomic E-state index is 0.0977. The van der Waals surface area contributed by atoms with E-state index < -0.39 is 15.9 Å². The van der Waals surface area contributed by atoms with Gasteiger partial charge in [-0.2, -0.15) is 13.7 Å². The standard InChI is InChI=1S/C16H13BrFNO4S/c1-3-22-14-7-11(9-19)6-13(17)16(14)23-24(20,21)15-8-12(18)5-4-10(15)2/h4-8H,3H2,1-2H3. The molecule has 0 amide bonds. The Morgan fingerprint density at radius 2 is 2.00 bits per heavy atom. The van der Waals surface area contributed by atoms with Crippen molar-refractivity contribution in [3.63, 3.8) is 0 Å². The number of ether oxygens (including phenoxy) is 1. The van der Waals surface area contributed by atoms with Crippen molar-refractivity contribution >= 4 is 26.0 Å². The van der Waals surface area contributed by atoms with Crippen molar-refractivity contribution in [1.29, 1.82) is 5.26 Å². The summed E-state index contributed by atoms with van der Waals surface area (Å²) in [6.45, 7) is 3.49. The summed E-state index contributed by atoms with van der Waals surface area (Å²) in [7, 11) is -4.28. The second-order valence-electron chi connectivity index (χ2n) is 4.78. The summed E-state index contributed by atoms with van der Waals surface area (Å²) in [6, 6.07) is 8.13. The summed E-state index contributed by atoms with van der Waals surface area (Å²) in [5.74, 6) is -0.688. The number of hydrogen-bond acceptors (Lipinski definition) is 5. The van der Waals surface area contributed by atoms with Gasteiger partial charge in [0.25, 0.3) is 0 Å². The Morgan fingerprint density at radius 3 is 2.62 bits per heavy atom. The van der Waals surface area contributed by atoms with Crippen LogP contribution in [0.1, 0.15) is 18.1 Å². The third-order valence-corrected chi connectivity index (χ3v) is 5.00. The Balaban J connectivity index is 2.54. The molecular weight excluding hydrogens is 401 g/mol. The van der Waals surface area contributed by atoms with E-state index in [0.29, 0.717) is 5.56 Å². The SMILES string of the molecule is CCOc1cc(C#N)cc(Br)c1OS(=O)(=O)c1cc(F)ccc1C. The van der Waals surface area contributed by atoms with Gasteiger partial charge in [-0.1, -0.05) is 6.07 Å². The summed E-state index contributed by atoms with van der Waals surface area (Å²) in [5, 5.41) is 9.00. The fourth-order valence-corrected chi connectivity index (χ4v) is 3.80. The molecule has 0 saturated carbocycles. The Morgan fingerprint density at radius 1 is 1.29 bits per heavy atom. The van der Waals surface area contributed by atoms with Gasteiger partial charge in [0.1, 0.15) is 10.7 Å². The first-order valence-electron chi connectivity index (χ1n) is 6.85. The number of aryl methyl sites for hydroxylation is 1. The lowest BCUT2D eigenvalue weighted by Crippen LogP contribution is -2.13. The van der Waals surface area contributed by atoms with Crippen molar-refractivity contribution in [2.75, 3.05) is 6.61 Å². The zero-order chi connectivity index (χ0) is 17.9. The minimum atomic E-state index is -4.28. The molecule has 5 nitrogen and oxygen atoms in total. The summed E-state index contributed by atoms with van der Waals surface area (Å²) < 4.78 is 49.2.